The summed E-state index contributed by atoms with van der Waals surface area (Å²) in [4.78, 5) is 26.8. The van der Waals surface area contributed by atoms with Crippen molar-refractivity contribution in [2.24, 2.45) is 0 Å². The molecule has 0 fully saturated rings. The lowest BCUT2D eigenvalue weighted by Crippen LogP contribution is -2.07. The van der Waals surface area contributed by atoms with E-state index in [0.29, 0.717) is 6.54 Å². The van der Waals surface area contributed by atoms with Crippen molar-refractivity contribution in [3.63, 3.8) is 0 Å². The number of ether oxygens (including phenoxy) is 1. The van der Waals surface area contributed by atoms with E-state index in [1.165, 1.54) is 24.6 Å². The van der Waals surface area contributed by atoms with Gasteiger partial charge in [0.2, 0.25) is 5.82 Å². The number of methoxy groups -OCH3 is 1. The molecule has 0 saturated heterocycles. The fourth-order valence-corrected chi connectivity index (χ4v) is 3.00. The zero-order chi connectivity index (χ0) is 15.4. The fraction of sp³-hybridized carbons (Fsp3) is 0.167. The molecular formula is C12H10BrN3O4S. The highest BCUT2D eigenvalue weighted by molar-refractivity contribution is 9.11. The number of halogens is 1. The van der Waals surface area contributed by atoms with E-state index in [0.717, 1.165) is 14.7 Å². The van der Waals surface area contributed by atoms with Crippen LogP contribution in [0.2, 0.25) is 0 Å². The molecule has 0 aliphatic heterocycles. The van der Waals surface area contributed by atoms with E-state index >= 15 is 0 Å². The number of hydrogen-bond donors (Lipinski definition) is 1. The van der Waals surface area contributed by atoms with Crippen molar-refractivity contribution < 1.29 is 14.5 Å². The maximum atomic E-state index is 11.4. The van der Waals surface area contributed by atoms with Gasteiger partial charge in [0.15, 0.2) is 0 Å². The molecule has 0 aliphatic carbocycles. The fourth-order valence-electron chi connectivity index (χ4n) is 1.58. The quantitative estimate of drug-likeness (QED) is 0.492. The molecule has 0 amide bonds. The van der Waals surface area contributed by atoms with Crippen LogP contribution < -0.4 is 5.32 Å². The number of nitro groups is 1. The number of carbonyl (C=O) groups is 1. The Morgan fingerprint density at radius 1 is 1.57 bits per heavy atom. The third-order valence-electron chi connectivity index (χ3n) is 2.54. The number of pyridine rings is 1. The lowest BCUT2D eigenvalue weighted by atomic mass is 10.2. The molecule has 7 nitrogen and oxygen atoms in total. The molecule has 110 valence electrons. The number of nitrogens with zero attached hydrogens (tertiary/aromatic N) is 2. The minimum Gasteiger partial charge on any atom is -0.465 e. The maximum absolute atomic E-state index is 11.4. The van der Waals surface area contributed by atoms with Gasteiger partial charge >= 0.3 is 11.7 Å². The molecule has 9 heteroatoms. The number of carbonyl (C=O) groups excluding carboxylic acids is 1. The maximum Gasteiger partial charge on any atom is 0.339 e. The van der Waals surface area contributed by atoms with Crippen molar-refractivity contribution in [2.75, 3.05) is 12.4 Å². The SMILES string of the molecule is COC(=O)c1cnc(NCc2ccc(Br)s2)c([N+](=O)[O-])c1. The Morgan fingerprint density at radius 2 is 2.33 bits per heavy atom. The summed E-state index contributed by atoms with van der Waals surface area (Å²) in [7, 11) is 1.20. The van der Waals surface area contributed by atoms with Crippen LogP contribution in [-0.2, 0) is 11.3 Å². The molecule has 2 aromatic rings. The topological polar surface area (TPSA) is 94.4 Å². The van der Waals surface area contributed by atoms with Crippen molar-refractivity contribution in [1.29, 1.82) is 0 Å². The summed E-state index contributed by atoms with van der Waals surface area (Å²) in [6.07, 6.45) is 1.24. The molecule has 0 saturated carbocycles. The Labute approximate surface area is 132 Å². The minimum absolute atomic E-state index is 0.0358. The summed E-state index contributed by atoms with van der Waals surface area (Å²) in [5.74, 6) is -0.559. The second kappa shape index (κ2) is 6.64. The highest BCUT2D eigenvalue weighted by atomic mass is 79.9. The predicted molar refractivity (Wildman–Crippen MR) is 81.6 cm³/mol. The van der Waals surface area contributed by atoms with Crippen molar-refractivity contribution in [3.8, 4) is 0 Å². The van der Waals surface area contributed by atoms with Crippen LogP contribution in [0.3, 0.4) is 0 Å². The molecule has 0 bridgehead atoms. The van der Waals surface area contributed by atoms with E-state index in [9.17, 15) is 14.9 Å². The Morgan fingerprint density at radius 3 is 2.90 bits per heavy atom. The highest BCUT2D eigenvalue weighted by Crippen LogP contribution is 2.26. The van der Waals surface area contributed by atoms with Gasteiger partial charge in [0.05, 0.1) is 27.9 Å². The van der Waals surface area contributed by atoms with Gasteiger partial charge in [-0.3, -0.25) is 10.1 Å². The van der Waals surface area contributed by atoms with Crippen LogP contribution in [0.5, 0.6) is 0 Å². The molecule has 0 aromatic carbocycles. The number of hydrogen-bond acceptors (Lipinski definition) is 7. The lowest BCUT2D eigenvalue weighted by Gasteiger charge is -2.06. The van der Waals surface area contributed by atoms with Crippen LogP contribution in [0, 0.1) is 10.1 Å². The Bertz CT molecular complexity index is 689. The number of thiophene rings is 1. The van der Waals surface area contributed by atoms with Crippen molar-refractivity contribution in [2.45, 2.75) is 6.54 Å². The number of nitrogens with one attached hydrogen (secondary N) is 1. The lowest BCUT2D eigenvalue weighted by molar-refractivity contribution is -0.384. The van der Waals surface area contributed by atoms with E-state index in [4.69, 9.17) is 0 Å². The van der Waals surface area contributed by atoms with Gasteiger partial charge in [-0.2, -0.15) is 0 Å². The molecule has 0 radical (unpaired) electrons. The van der Waals surface area contributed by atoms with E-state index in [-0.39, 0.29) is 17.1 Å². The molecule has 21 heavy (non-hydrogen) atoms. The van der Waals surface area contributed by atoms with Crippen LogP contribution in [0.25, 0.3) is 0 Å². The molecule has 0 spiro atoms. The van der Waals surface area contributed by atoms with E-state index in [1.807, 2.05) is 12.1 Å². The van der Waals surface area contributed by atoms with Crippen LogP contribution >= 0.6 is 27.3 Å². The van der Waals surface area contributed by atoms with Gasteiger partial charge in [-0.15, -0.1) is 11.3 Å². The normalized spacial score (nSPS) is 10.2. The highest BCUT2D eigenvalue weighted by Gasteiger charge is 2.19. The first-order valence-electron chi connectivity index (χ1n) is 5.72. The molecule has 0 unspecified atom stereocenters. The number of esters is 1. The number of aromatic nitrogens is 1. The van der Waals surface area contributed by atoms with E-state index in [2.05, 4.69) is 31.0 Å². The summed E-state index contributed by atoms with van der Waals surface area (Å²) < 4.78 is 5.49. The van der Waals surface area contributed by atoms with Crippen molar-refractivity contribution in [3.05, 3.63) is 48.7 Å². The number of anilines is 1. The Hall–Kier alpha value is -2.00. The second-order valence-corrected chi connectivity index (χ2v) is 6.45. The van der Waals surface area contributed by atoms with Gasteiger partial charge in [-0.1, -0.05) is 0 Å². The molecule has 1 N–H and O–H groups in total. The summed E-state index contributed by atoms with van der Waals surface area (Å²) in [6.45, 7) is 0.404. The molecule has 0 atom stereocenters. The van der Waals surface area contributed by atoms with Crippen LogP contribution in [0.15, 0.2) is 28.2 Å². The zero-order valence-electron chi connectivity index (χ0n) is 10.8. The first kappa shape index (κ1) is 15.4. The van der Waals surface area contributed by atoms with Crippen molar-refractivity contribution >= 4 is 44.7 Å². The molecule has 0 aliphatic rings. The third-order valence-corrected chi connectivity index (χ3v) is 4.17. The summed E-state index contributed by atoms with van der Waals surface area (Å²) in [5.41, 5.74) is -0.234. The van der Waals surface area contributed by atoms with Gasteiger partial charge in [0, 0.05) is 17.1 Å². The first-order valence-corrected chi connectivity index (χ1v) is 7.33. The Kier molecular flexibility index (Phi) is 4.86. The molecule has 2 heterocycles. The van der Waals surface area contributed by atoms with Gasteiger partial charge < -0.3 is 10.1 Å². The minimum atomic E-state index is -0.667. The summed E-state index contributed by atoms with van der Waals surface area (Å²) in [5, 5.41) is 14.0. The number of rotatable bonds is 5. The summed E-state index contributed by atoms with van der Waals surface area (Å²) >= 11 is 4.86. The van der Waals surface area contributed by atoms with Gasteiger partial charge in [0.25, 0.3) is 0 Å². The third kappa shape index (κ3) is 3.76. The molecular weight excluding hydrogens is 362 g/mol. The smallest absolute Gasteiger partial charge is 0.339 e. The van der Waals surface area contributed by atoms with Crippen LogP contribution in [-0.4, -0.2) is 23.0 Å². The van der Waals surface area contributed by atoms with Gasteiger partial charge in [0.1, 0.15) is 0 Å². The zero-order valence-corrected chi connectivity index (χ0v) is 13.2. The first-order chi connectivity index (χ1) is 10.0. The second-order valence-electron chi connectivity index (χ2n) is 3.90. The summed E-state index contributed by atoms with van der Waals surface area (Å²) in [6, 6.07) is 4.94. The van der Waals surface area contributed by atoms with Gasteiger partial charge in [-0.25, -0.2) is 9.78 Å². The van der Waals surface area contributed by atoms with E-state index in [1.54, 1.807) is 0 Å². The monoisotopic (exact) mass is 371 g/mol. The van der Waals surface area contributed by atoms with Gasteiger partial charge in [-0.05, 0) is 28.1 Å². The largest absolute Gasteiger partial charge is 0.465 e. The Balaban J connectivity index is 2.22. The van der Waals surface area contributed by atoms with Crippen LogP contribution in [0.4, 0.5) is 11.5 Å². The van der Waals surface area contributed by atoms with Crippen molar-refractivity contribution in [1.82, 2.24) is 4.98 Å². The standard InChI is InChI=1S/C12H10BrN3O4S/c1-20-12(17)7-4-9(16(18)19)11(14-5-7)15-6-8-2-3-10(13)21-8/h2-5H,6H2,1H3,(H,14,15). The van der Waals surface area contributed by atoms with Crippen LogP contribution in [0.1, 0.15) is 15.2 Å². The average molecular weight is 372 g/mol. The van der Waals surface area contributed by atoms with E-state index < -0.39 is 10.9 Å². The molecule has 2 aromatic heterocycles. The predicted octanol–water partition coefficient (Wildman–Crippen LogP) is 3.21. The average Bonchev–Trinajstić information content (AvgIpc) is 2.89. The molecule has 2 rings (SSSR count).